The molecule has 8 nitrogen and oxygen atoms in total. The molecule has 2 atom stereocenters. The SMILES string of the molecule is CCn1ccc2cc(C(=O)NCCc3cc(F)c(N4CC5CCC(C4)N5C(=O)OC(C)(C)C)cc3F)cnc21. The fourth-order valence-corrected chi connectivity index (χ4v) is 5.59. The molecule has 2 aliphatic rings. The van der Waals surface area contributed by atoms with Gasteiger partial charge in [-0.2, -0.15) is 0 Å². The number of ether oxygens (including phenoxy) is 1. The molecular formula is C29H35F2N5O3. The zero-order valence-corrected chi connectivity index (χ0v) is 22.8. The van der Waals surface area contributed by atoms with Crippen LogP contribution in [0.1, 0.15) is 56.5 Å². The smallest absolute Gasteiger partial charge is 0.410 e. The molecule has 39 heavy (non-hydrogen) atoms. The van der Waals surface area contributed by atoms with Gasteiger partial charge in [0.1, 0.15) is 22.9 Å². The Hall–Kier alpha value is -3.69. The molecule has 2 saturated heterocycles. The molecule has 2 fully saturated rings. The fourth-order valence-electron chi connectivity index (χ4n) is 5.59. The van der Waals surface area contributed by atoms with Gasteiger partial charge in [-0.1, -0.05) is 0 Å². The Kier molecular flexibility index (Phi) is 7.22. The number of pyridine rings is 1. The maximum atomic E-state index is 15.2. The number of rotatable bonds is 6. The number of hydrogen-bond donors (Lipinski definition) is 1. The average Bonchev–Trinajstić information content (AvgIpc) is 3.41. The quantitative estimate of drug-likeness (QED) is 0.482. The van der Waals surface area contributed by atoms with Crippen molar-refractivity contribution >= 4 is 28.7 Å². The topological polar surface area (TPSA) is 79.7 Å². The number of halogens is 2. The third-order valence-corrected chi connectivity index (χ3v) is 7.43. The van der Waals surface area contributed by atoms with Crippen LogP contribution >= 0.6 is 0 Å². The van der Waals surface area contributed by atoms with E-state index in [0.29, 0.717) is 18.7 Å². The molecule has 2 unspecified atom stereocenters. The van der Waals surface area contributed by atoms with E-state index in [1.807, 2.05) is 49.4 Å². The summed E-state index contributed by atoms with van der Waals surface area (Å²) in [5.41, 5.74) is 1.02. The van der Waals surface area contributed by atoms with E-state index >= 15 is 8.78 Å². The summed E-state index contributed by atoms with van der Waals surface area (Å²) in [6.45, 7) is 9.28. The lowest BCUT2D eigenvalue weighted by atomic mass is 10.1. The van der Waals surface area contributed by atoms with Gasteiger partial charge < -0.3 is 19.5 Å². The molecule has 10 heteroatoms. The van der Waals surface area contributed by atoms with Gasteiger partial charge in [0.25, 0.3) is 5.91 Å². The van der Waals surface area contributed by atoms with Gasteiger partial charge in [-0.15, -0.1) is 0 Å². The second-order valence-corrected chi connectivity index (χ2v) is 11.3. The van der Waals surface area contributed by atoms with Gasteiger partial charge in [0, 0.05) is 50.0 Å². The maximum Gasteiger partial charge on any atom is 0.410 e. The number of hydrogen-bond acceptors (Lipinski definition) is 5. The summed E-state index contributed by atoms with van der Waals surface area (Å²) >= 11 is 0. The summed E-state index contributed by atoms with van der Waals surface area (Å²) in [5.74, 6) is -1.35. The minimum atomic E-state index is -0.593. The Bertz CT molecular complexity index is 1390. The van der Waals surface area contributed by atoms with Crippen molar-refractivity contribution in [3.05, 3.63) is 59.4 Å². The maximum absolute atomic E-state index is 15.2. The van der Waals surface area contributed by atoms with E-state index in [4.69, 9.17) is 4.74 Å². The lowest BCUT2D eigenvalue weighted by molar-refractivity contribution is 0.0123. The molecule has 1 aromatic carbocycles. The van der Waals surface area contributed by atoms with Gasteiger partial charge in [0.05, 0.1) is 23.3 Å². The van der Waals surface area contributed by atoms with Gasteiger partial charge in [0.15, 0.2) is 0 Å². The zero-order valence-electron chi connectivity index (χ0n) is 22.8. The van der Waals surface area contributed by atoms with Gasteiger partial charge in [0.2, 0.25) is 0 Å². The van der Waals surface area contributed by atoms with E-state index in [1.54, 1.807) is 11.0 Å². The fraction of sp³-hybridized carbons (Fsp3) is 0.483. The number of amides is 2. The highest BCUT2D eigenvalue weighted by molar-refractivity contribution is 5.97. The Morgan fingerprint density at radius 1 is 1.10 bits per heavy atom. The van der Waals surface area contributed by atoms with Crippen LogP contribution in [-0.2, 0) is 17.7 Å². The monoisotopic (exact) mass is 539 g/mol. The van der Waals surface area contributed by atoms with Crippen LogP contribution in [0.2, 0.25) is 0 Å². The van der Waals surface area contributed by atoms with Crippen LogP contribution in [0.15, 0.2) is 36.7 Å². The molecule has 1 N–H and O–H groups in total. The van der Waals surface area contributed by atoms with Crippen LogP contribution in [0.3, 0.4) is 0 Å². The predicted molar refractivity (Wildman–Crippen MR) is 145 cm³/mol. The van der Waals surface area contributed by atoms with Crippen molar-refractivity contribution in [1.29, 1.82) is 0 Å². The number of aryl methyl sites for hydroxylation is 1. The standard InChI is InChI=1S/C29H35F2N5O3/c1-5-34-11-9-19-12-20(15-33-26(19)34)27(37)32-10-8-18-13-24(31)25(14-23(18)30)35-16-21-6-7-22(17-35)36(21)28(38)39-29(2,3)4/h9,11-15,21-22H,5-8,10,16-17H2,1-4H3,(H,32,37). The van der Waals surface area contributed by atoms with Gasteiger partial charge in [-0.25, -0.2) is 18.6 Å². The Balaban J connectivity index is 1.20. The summed E-state index contributed by atoms with van der Waals surface area (Å²) in [4.78, 5) is 33.3. The van der Waals surface area contributed by atoms with Crippen molar-refractivity contribution in [2.75, 3.05) is 24.5 Å². The van der Waals surface area contributed by atoms with Crippen LogP contribution in [-0.4, -0.2) is 63.8 Å². The van der Waals surface area contributed by atoms with E-state index < -0.39 is 17.2 Å². The molecule has 4 heterocycles. The molecule has 0 radical (unpaired) electrons. The number of benzene rings is 1. The molecule has 3 aromatic rings. The predicted octanol–water partition coefficient (Wildman–Crippen LogP) is 4.90. The zero-order chi connectivity index (χ0) is 27.9. The summed E-state index contributed by atoms with van der Waals surface area (Å²) in [5, 5.41) is 3.64. The first-order valence-corrected chi connectivity index (χ1v) is 13.5. The van der Waals surface area contributed by atoms with Crippen molar-refractivity contribution in [2.45, 2.75) is 71.2 Å². The van der Waals surface area contributed by atoms with Crippen molar-refractivity contribution in [3.8, 4) is 0 Å². The second kappa shape index (κ2) is 10.5. The van der Waals surface area contributed by atoms with E-state index in [2.05, 4.69) is 10.3 Å². The molecule has 208 valence electrons. The van der Waals surface area contributed by atoms with Crippen LogP contribution in [0.25, 0.3) is 11.0 Å². The van der Waals surface area contributed by atoms with E-state index in [0.717, 1.165) is 30.4 Å². The van der Waals surface area contributed by atoms with Crippen molar-refractivity contribution in [1.82, 2.24) is 19.8 Å². The highest BCUT2D eigenvalue weighted by Crippen LogP contribution is 2.35. The Labute approximate surface area is 226 Å². The highest BCUT2D eigenvalue weighted by atomic mass is 19.1. The number of nitrogens with one attached hydrogen (secondary N) is 1. The number of carbonyl (C=O) groups excluding carboxylic acids is 2. The molecule has 0 saturated carbocycles. The molecule has 5 rings (SSSR count). The minimum Gasteiger partial charge on any atom is -0.444 e. The van der Waals surface area contributed by atoms with Gasteiger partial charge >= 0.3 is 6.09 Å². The largest absolute Gasteiger partial charge is 0.444 e. The first-order valence-electron chi connectivity index (χ1n) is 13.5. The van der Waals surface area contributed by atoms with Gasteiger partial charge in [-0.05, 0) is 70.7 Å². The van der Waals surface area contributed by atoms with E-state index in [9.17, 15) is 9.59 Å². The number of piperazine rings is 1. The van der Waals surface area contributed by atoms with Crippen LogP contribution in [0, 0.1) is 11.6 Å². The molecule has 2 bridgehead atoms. The number of nitrogens with zero attached hydrogens (tertiary/aromatic N) is 4. The van der Waals surface area contributed by atoms with Crippen molar-refractivity contribution < 1.29 is 23.1 Å². The number of anilines is 1. The summed E-state index contributed by atoms with van der Waals surface area (Å²) in [6, 6.07) is 5.90. The molecule has 2 amide bonds. The van der Waals surface area contributed by atoms with Crippen LogP contribution in [0.5, 0.6) is 0 Å². The average molecular weight is 540 g/mol. The second-order valence-electron chi connectivity index (χ2n) is 11.3. The summed E-state index contributed by atoms with van der Waals surface area (Å²) in [6.07, 6.45) is 4.84. The van der Waals surface area contributed by atoms with Crippen LogP contribution in [0.4, 0.5) is 19.3 Å². The lowest BCUT2D eigenvalue weighted by Crippen LogP contribution is -2.57. The molecule has 2 aliphatic heterocycles. The third kappa shape index (κ3) is 5.55. The molecule has 0 spiro atoms. The summed E-state index contributed by atoms with van der Waals surface area (Å²) in [7, 11) is 0. The number of carbonyl (C=O) groups is 2. The Morgan fingerprint density at radius 2 is 1.82 bits per heavy atom. The molecule has 0 aliphatic carbocycles. The number of fused-ring (bicyclic) bond motifs is 3. The molecular weight excluding hydrogens is 504 g/mol. The van der Waals surface area contributed by atoms with Crippen LogP contribution < -0.4 is 10.2 Å². The summed E-state index contributed by atoms with van der Waals surface area (Å²) < 4.78 is 37.8. The third-order valence-electron chi connectivity index (χ3n) is 7.43. The first-order chi connectivity index (χ1) is 18.5. The normalized spacial score (nSPS) is 19.0. The first kappa shape index (κ1) is 26.9. The Morgan fingerprint density at radius 3 is 2.49 bits per heavy atom. The van der Waals surface area contributed by atoms with Crippen molar-refractivity contribution in [3.63, 3.8) is 0 Å². The molecule has 2 aromatic heterocycles. The highest BCUT2D eigenvalue weighted by Gasteiger charge is 2.44. The van der Waals surface area contributed by atoms with E-state index in [1.165, 1.54) is 18.3 Å². The minimum absolute atomic E-state index is 0.106. The lowest BCUT2D eigenvalue weighted by Gasteiger charge is -2.42. The number of aromatic nitrogens is 2. The van der Waals surface area contributed by atoms with Gasteiger partial charge in [-0.3, -0.25) is 9.69 Å². The van der Waals surface area contributed by atoms with E-state index in [-0.39, 0.29) is 48.3 Å². The van der Waals surface area contributed by atoms with Crippen molar-refractivity contribution in [2.24, 2.45) is 0 Å².